The fourth-order valence-corrected chi connectivity index (χ4v) is 5.00. The Kier molecular flexibility index (Phi) is 5.98. The molecule has 2 aliphatic rings. The summed E-state index contributed by atoms with van der Waals surface area (Å²) in [5, 5.41) is 5.52. The number of para-hydroxylation sites is 1. The van der Waals surface area contributed by atoms with Crippen LogP contribution in [0, 0.1) is 0 Å². The number of thioether (sulfide) groups is 1. The first-order valence-electron chi connectivity index (χ1n) is 9.92. The van der Waals surface area contributed by atoms with E-state index in [2.05, 4.69) is 28.8 Å². The van der Waals surface area contributed by atoms with Crippen LogP contribution < -0.4 is 15.5 Å². The maximum absolute atomic E-state index is 12.5. The van der Waals surface area contributed by atoms with Crippen molar-refractivity contribution in [3.8, 4) is 0 Å². The van der Waals surface area contributed by atoms with E-state index in [1.807, 2.05) is 30.3 Å². The van der Waals surface area contributed by atoms with Crippen molar-refractivity contribution in [2.75, 3.05) is 18.4 Å². The van der Waals surface area contributed by atoms with E-state index < -0.39 is 0 Å². The van der Waals surface area contributed by atoms with Gasteiger partial charge < -0.3 is 15.5 Å². The Bertz CT molecular complexity index is 864. The molecule has 1 fully saturated rings. The van der Waals surface area contributed by atoms with Gasteiger partial charge in [-0.2, -0.15) is 0 Å². The summed E-state index contributed by atoms with van der Waals surface area (Å²) in [6.07, 6.45) is 2.79. The molecule has 3 N–H and O–H groups in total. The maximum Gasteiger partial charge on any atom is 0.238 e. The first-order chi connectivity index (χ1) is 13.7. The molecular weight excluding hydrogens is 370 g/mol. The molecule has 0 unspecified atom stereocenters. The van der Waals surface area contributed by atoms with Crippen LogP contribution in [0.25, 0.3) is 0 Å². The van der Waals surface area contributed by atoms with Gasteiger partial charge in [0.2, 0.25) is 11.8 Å². The summed E-state index contributed by atoms with van der Waals surface area (Å²) in [4.78, 5) is 27.4. The number of hydrogen-bond donors (Lipinski definition) is 3. The molecule has 0 bridgehead atoms. The number of nitrogens with one attached hydrogen (secondary N) is 3. The van der Waals surface area contributed by atoms with Gasteiger partial charge in [0, 0.05) is 36.3 Å². The highest BCUT2D eigenvalue weighted by Gasteiger charge is 2.28. The highest BCUT2D eigenvalue weighted by Crippen LogP contribution is 2.36. The fourth-order valence-electron chi connectivity index (χ4n) is 3.88. The van der Waals surface area contributed by atoms with Gasteiger partial charge >= 0.3 is 0 Å². The minimum atomic E-state index is -0.390. The summed E-state index contributed by atoms with van der Waals surface area (Å²) in [6, 6.07) is 16.0. The molecule has 146 valence electrons. The number of quaternary nitrogens is 1. The van der Waals surface area contributed by atoms with Crippen molar-refractivity contribution in [1.82, 2.24) is 5.32 Å². The van der Waals surface area contributed by atoms with Crippen LogP contribution >= 0.6 is 11.8 Å². The Hall–Kier alpha value is -2.31. The third-order valence-electron chi connectivity index (χ3n) is 5.42. The number of carbonyl (C=O) groups excluding carboxylic acids is 2. The van der Waals surface area contributed by atoms with Crippen LogP contribution in [0.4, 0.5) is 5.69 Å². The van der Waals surface area contributed by atoms with Crippen molar-refractivity contribution >= 4 is 29.3 Å². The third-order valence-corrected chi connectivity index (χ3v) is 6.70. The summed E-state index contributed by atoms with van der Waals surface area (Å²) in [5.74, 6) is -0.188. The van der Waals surface area contributed by atoms with E-state index in [1.165, 1.54) is 48.8 Å². The Morgan fingerprint density at radius 2 is 1.79 bits per heavy atom. The van der Waals surface area contributed by atoms with E-state index in [4.69, 9.17) is 0 Å². The molecule has 5 nitrogen and oxygen atoms in total. The van der Waals surface area contributed by atoms with Crippen LogP contribution in [-0.2, 0) is 22.7 Å². The summed E-state index contributed by atoms with van der Waals surface area (Å²) in [5.41, 5.74) is 3.30. The predicted molar refractivity (Wildman–Crippen MR) is 111 cm³/mol. The molecule has 2 amide bonds. The molecule has 1 saturated heterocycles. The van der Waals surface area contributed by atoms with Crippen LogP contribution in [0.3, 0.4) is 0 Å². The van der Waals surface area contributed by atoms with Crippen molar-refractivity contribution in [2.24, 2.45) is 0 Å². The Morgan fingerprint density at radius 1 is 1.07 bits per heavy atom. The van der Waals surface area contributed by atoms with Crippen molar-refractivity contribution in [3.63, 3.8) is 0 Å². The largest absolute Gasteiger partial charge is 0.352 e. The highest BCUT2D eigenvalue weighted by molar-refractivity contribution is 8.01. The average molecular weight is 397 g/mol. The normalized spacial score (nSPS) is 19.1. The third kappa shape index (κ3) is 4.56. The average Bonchev–Trinajstić information content (AvgIpc) is 3.21. The molecule has 1 atom stereocenters. The van der Waals surface area contributed by atoms with Gasteiger partial charge in [0.1, 0.15) is 6.54 Å². The number of carbonyl (C=O) groups is 2. The Balaban J connectivity index is 1.33. The number of amides is 2. The summed E-state index contributed by atoms with van der Waals surface area (Å²) in [6.45, 7) is 3.99. The van der Waals surface area contributed by atoms with E-state index in [1.54, 1.807) is 4.90 Å². The predicted octanol–water partition coefficient (Wildman–Crippen LogP) is 1.98. The summed E-state index contributed by atoms with van der Waals surface area (Å²) >= 11 is 1.46. The Labute approximate surface area is 169 Å². The number of hydrogen-bond acceptors (Lipinski definition) is 3. The van der Waals surface area contributed by atoms with Crippen molar-refractivity contribution in [1.29, 1.82) is 0 Å². The van der Waals surface area contributed by atoms with Crippen LogP contribution in [0.1, 0.15) is 30.4 Å². The van der Waals surface area contributed by atoms with Crippen LogP contribution in [0.15, 0.2) is 53.4 Å². The monoisotopic (exact) mass is 396 g/mol. The van der Waals surface area contributed by atoms with Crippen LogP contribution in [-0.4, -0.2) is 30.2 Å². The molecule has 0 spiro atoms. The van der Waals surface area contributed by atoms with Crippen LogP contribution in [0.2, 0.25) is 0 Å². The molecule has 2 aromatic rings. The van der Waals surface area contributed by atoms with E-state index in [-0.39, 0.29) is 23.5 Å². The first kappa shape index (κ1) is 19.0. The van der Waals surface area contributed by atoms with Gasteiger partial charge in [-0.05, 0) is 17.7 Å². The lowest BCUT2D eigenvalue weighted by molar-refractivity contribution is -0.901. The quantitative estimate of drug-likeness (QED) is 0.700. The molecule has 2 aliphatic heterocycles. The smallest absolute Gasteiger partial charge is 0.238 e. The number of benzene rings is 2. The molecule has 28 heavy (non-hydrogen) atoms. The number of rotatable bonds is 6. The minimum absolute atomic E-state index is 0.0876. The van der Waals surface area contributed by atoms with Gasteiger partial charge in [0.15, 0.2) is 0 Å². The second kappa shape index (κ2) is 8.80. The zero-order valence-corrected chi connectivity index (χ0v) is 16.7. The van der Waals surface area contributed by atoms with E-state index >= 15 is 0 Å². The molecule has 2 heterocycles. The Morgan fingerprint density at radius 3 is 2.61 bits per heavy atom. The van der Waals surface area contributed by atoms with Crippen molar-refractivity contribution in [2.45, 2.75) is 42.5 Å². The van der Waals surface area contributed by atoms with Crippen molar-refractivity contribution < 1.29 is 14.5 Å². The van der Waals surface area contributed by atoms with Gasteiger partial charge in [0.05, 0.1) is 24.0 Å². The van der Waals surface area contributed by atoms with Gasteiger partial charge in [-0.15, -0.1) is 11.8 Å². The van der Waals surface area contributed by atoms with Gasteiger partial charge in [-0.25, -0.2) is 0 Å². The molecule has 0 saturated carbocycles. The van der Waals surface area contributed by atoms with E-state index in [0.717, 1.165) is 17.1 Å². The minimum Gasteiger partial charge on any atom is -0.352 e. The van der Waals surface area contributed by atoms with Crippen molar-refractivity contribution in [3.05, 3.63) is 59.7 Å². The zero-order chi connectivity index (χ0) is 19.3. The number of likely N-dealkylation sites (tertiary alicyclic amines) is 1. The molecule has 0 radical (unpaired) electrons. The molecular formula is C22H26N3O2S+. The lowest BCUT2D eigenvalue weighted by Crippen LogP contribution is -3.08. The summed E-state index contributed by atoms with van der Waals surface area (Å²) < 4.78 is 0. The van der Waals surface area contributed by atoms with Gasteiger partial charge in [-0.1, -0.05) is 36.4 Å². The van der Waals surface area contributed by atoms with E-state index in [9.17, 15) is 9.59 Å². The highest BCUT2D eigenvalue weighted by atomic mass is 32.2. The lowest BCUT2D eigenvalue weighted by Gasteiger charge is -2.23. The number of fused-ring (bicyclic) bond motifs is 1. The standard InChI is InChI=1S/C22H25N3O2S/c26-21(13-20-22(27)24-18-9-3-4-10-19(18)28-20)23-14-16-7-1-2-8-17(16)15-25-11-5-6-12-25/h1-4,7-10,20H,5-6,11-15H2,(H,23,26)(H,24,27)/p+1/t20-/m0/s1. The van der Waals surface area contributed by atoms with Gasteiger partial charge in [-0.3, -0.25) is 9.59 Å². The van der Waals surface area contributed by atoms with E-state index in [0.29, 0.717) is 6.54 Å². The second-order valence-electron chi connectivity index (χ2n) is 7.48. The topological polar surface area (TPSA) is 62.6 Å². The van der Waals surface area contributed by atoms with Crippen LogP contribution in [0.5, 0.6) is 0 Å². The zero-order valence-electron chi connectivity index (χ0n) is 15.9. The maximum atomic E-state index is 12.5. The SMILES string of the molecule is O=C(C[C@@H]1Sc2ccccc2NC1=O)NCc1ccccc1C[NH+]1CCCC1. The molecule has 0 aliphatic carbocycles. The molecule has 2 aromatic carbocycles. The number of anilines is 1. The fraction of sp³-hybridized carbons (Fsp3) is 0.364. The van der Waals surface area contributed by atoms with Gasteiger partial charge in [0.25, 0.3) is 0 Å². The molecule has 4 rings (SSSR count). The first-order valence-corrected chi connectivity index (χ1v) is 10.8. The molecule has 0 aromatic heterocycles. The molecule has 6 heteroatoms. The lowest BCUT2D eigenvalue weighted by atomic mass is 10.1. The second-order valence-corrected chi connectivity index (χ2v) is 8.72. The summed E-state index contributed by atoms with van der Waals surface area (Å²) in [7, 11) is 0.